The van der Waals surface area contributed by atoms with Gasteiger partial charge in [0.25, 0.3) is 0 Å². The fraction of sp³-hybridized carbons (Fsp3) is 0.200. The average molecular weight is 388 g/mol. The number of hydrogen-bond acceptors (Lipinski definition) is 4. The molecule has 1 rings (SSSR count). The van der Waals surface area contributed by atoms with E-state index in [1.54, 1.807) is 26.0 Å². The summed E-state index contributed by atoms with van der Waals surface area (Å²) in [6.07, 6.45) is 5.78. The van der Waals surface area contributed by atoms with E-state index in [4.69, 9.17) is 6.13 Å². The Balaban J connectivity index is 2.91. The van der Waals surface area contributed by atoms with Crippen molar-refractivity contribution in [3.63, 3.8) is 0 Å². The third-order valence-corrected chi connectivity index (χ3v) is 5.49. The van der Waals surface area contributed by atoms with E-state index in [2.05, 4.69) is 0 Å². The van der Waals surface area contributed by atoms with E-state index >= 15 is 0 Å². The molecule has 0 aliphatic carbocycles. The van der Waals surface area contributed by atoms with Crippen LogP contribution in [0.15, 0.2) is 48.6 Å². The Morgan fingerprint density at radius 3 is 1.80 bits per heavy atom. The van der Waals surface area contributed by atoms with Crippen LogP contribution in [0.5, 0.6) is 0 Å². The van der Waals surface area contributed by atoms with Crippen LogP contribution in [0, 0.1) is 10.5 Å². The van der Waals surface area contributed by atoms with Crippen LogP contribution in [0.2, 0.25) is 0 Å². The zero-order valence-electron chi connectivity index (χ0n) is 11.6. The van der Waals surface area contributed by atoms with Gasteiger partial charge in [-0.2, -0.15) is 0 Å². The first-order valence-corrected chi connectivity index (χ1v) is 8.87. The van der Waals surface area contributed by atoms with Crippen LogP contribution in [0.3, 0.4) is 0 Å². The summed E-state index contributed by atoms with van der Waals surface area (Å²) >= 11 is -2.79. The molecule has 108 valence electrons. The number of halogens is 1. The van der Waals surface area contributed by atoms with Gasteiger partial charge < -0.3 is 0 Å². The van der Waals surface area contributed by atoms with Gasteiger partial charge in [0.15, 0.2) is 0 Å². The third-order valence-electron chi connectivity index (χ3n) is 2.09. The van der Waals surface area contributed by atoms with Crippen molar-refractivity contribution in [3.05, 3.63) is 57.7 Å². The molecule has 0 aliphatic heterocycles. The molecule has 5 heteroatoms. The molecule has 1 aromatic rings. The normalized spacial score (nSPS) is 11.7. The van der Waals surface area contributed by atoms with Crippen molar-refractivity contribution in [3.8, 4) is 0 Å². The average Bonchev–Trinajstić information content (AvgIpc) is 2.39. The topological polar surface area (TPSA) is 52.6 Å². The molecule has 0 amide bonds. The monoisotopic (exact) mass is 388 g/mol. The van der Waals surface area contributed by atoms with Crippen molar-refractivity contribution in [2.75, 3.05) is 0 Å². The van der Waals surface area contributed by atoms with Gasteiger partial charge in [0.05, 0.1) is 0 Å². The predicted molar refractivity (Wildman–Crippen MR) is 85.7 cm³/mol. The van der Waals surface area contributed by atoms with E-state index in [9.17, 15) is 9.59 Å². The van der Waals surface area contributed by atoms with Crippen LogP contribution in [0.25, 0.3) is 0 Å². The Bertz CT molecular complexity index is 491. The molecule has 4 nitrogen and oxygen atoms in total. The van der Waals surface area contributed by atoms with Gasteiger partial charge >= 0.3 is 127 Å². The molecule has 0 fully saturated rings. The number of aryl methyl sites for hydroxylation is 1. The summed E-state index contributed by atoms with van der Waals surface area (Å²) in [5.41, 5.74) is 1.09. The van der Waals surface area contributed by atoms with E-state index in [1.807, 2.05) is 31.2 Å². The molecule has 20 heavy (non-hydrogen) atoms. The number of carbonyl (C=O) groups excluding carboxylic acids is 2. The summed E-state index contributed by atoms with van der Waals surface area (Å²) in [7, 11) is 0. The maximum absolute atomic E-state index is 11.6. The molecule has 0 saturated heterocycles. The molecule has 0 heterocycles. The molecule has 0 atom stereocenters. The van der Waals surface area contributed by atoms with Crippen LogP contribution >= 0.6 is 20.6 Å². The summed E-state index contributed by atoms with van der Waals surface area (Å²) < 4.78 is 11.3. The van der Waals surface area contributed by atoms with Gasteiger partial charge in [-0.05, 0) is 0 Å². The number of hydrogen-bond donors (Lipinski definition) is 0. The number of rotatable bonds is 5. The van der Waals surface area contributed by atoms with E-state index < -0.39 is 32.6 Å². The van der Waals surface area contributed by atoms with E-state index in [-0.39, 0.29) is 0 Å². The van der Waals surface area contributed by atoms with Gasteiger partial charge in [0.1, 0.15) is 0 Å². The molecule has 0 saturated carbocycles. The molecule has 0 spiro atoms. The second-order valence-electron chi connectivity index (χ2n) is 3.81. The van der Waals surface area contributed by atoms with Crippen molar-refractivity contribution in [2.24, 2.45) is 0 Å². The Morgan fingerprint density at radius 1 is 0.950 bits per heavy atom. The predicted octanol–water partition coefficient (Wildman–Crippen LogP) is 3.74. The zero-order chi connectivity index (χ0) is 15.0. The van der Waals surface area contributed by atoms with Crippen molar-refractivity contribution in [1.82, 2.24) is 0 Å². The molecule has 0 radical (unpaired) electrons. The molecule has 1 aromatic carbocycles. The van der Waals surface area contributed by atoms with Crippen LogP contribution in [0.4, 0.5) is 0 Å². The van der Waals surface area contributed by atoms with Crippen molar-refractivity contribution in [2.45, 2.75) is 20.8 Å². The summed E-state index contributed by atoms with van der Waals surface area (Å²) in [5.74, 6) is -0.988. The third kappa shape index (κ3) is 5.56. The van der Waals surface area contributed by atoms with Crippen molar-refractivity contribution < 1.29 is 15.7 Å². The van der Waals surface area contributed by atoms with Gasteiger partial charge in [-0.3, -0.25) is 0 Å². The van der Waals surface area contributed by atoms with Gasteiger partial charge in [-0.15, -0.1) is 0 Å². The Kier molecular flexibility index (Phi) is 7.00. The number of benzene rings is 1. The minimum absolute atomic E-state index is 0.494. The van der Waals surface area contributed by atoms with Crippen LogP contribution in [-0.2, 0) is 15.7 Å². The molecule has 0 unspecified atom stereocenters. The fourth-order valence-corrected chi connectivity index (χ4v) is 3.83. The van der Waals surface area contributed by atoms with Crippen LogP contribution < -0.4 is 0 Å². The van der Waals surface area contributed by atoms with Crippen molar-refractivity contribution in [1.29, 1.82) is 0 Å². The first-order chi connectivity index (χ1) is 9.56. The molecule has 0 aliphatic rings. The minimum atomic E-state index is -2.79. The summed E-state index contributed by atoms with van der Waals surface area (Å²) in [6.45, 7) is 5.40. The Labute approximate surface area is 126 Å². The second-order valence-corrected chi connectivity index (χ2v) is 7.17. The number of carbonyl (C=O) groups is 2. The maximum atomic E-state index is 11.6. The number of allylic oxidation sites excluding steroid dienone is 2. The van der Waals surface area contributed by atoms with Crippen molar-refractivity contribution >= 4 is 32.6 Å². The van der Waals surface area contributed by atoms with Crippen LogP contribution in [0.1, 0.15) is 19.4 Å². The Hall–Kier alpha value is -1.63. The van der Waals surface area contributed by atoms with Gasteiger partial charge in [-0.25, -0.2) is 0 Å². The van der Waals surface area contributed by atoms with Crippen LogP contribution in [-0.4, -0.2) is 11.9 Å². The summed E-state index contributed by atoms with van der Waals surface area (Å²) in [5, 5.41) is 0. The molecular formula is C15H17IO4. The van der Waals surface area contributed by atoms with E-state index in [0.717, 1.165) is 9.13 Å². The summed E-state index contributed by atoms with van der Waals surface area (Å²) in [6, 6.07) is 7.44. The molecule has 0 bridgehead atoms. The van der Waals surface area contributed by atoms with Gasteiger partial charge in [-0.1, -0.05) is 0 Å². The SMILES string of the molecule is C/C=C\C(=O)OI(OC(=O)/C=C\C)c1ccc(C)cc1. The Morgan fingerprint density at radius 2 is 1.40 bits per heavy atom. The molecular weight excluding hydrogens is 371 g/mol. The van der Waals surface area contributed by atoms with Gasteiger partial charge in [0.2, 0.25) is 0 Å². The standard InChI is InChI=1S/C15H17IO4/c1-4-6-14(17)19-16(20-15(18)7-5-2)13-10-8-12(3)9-11-13/h4-11H,1-3H3/b6-4-,7-5-. The molecule has 0 N–H and O–H groups in total. The first-order valence-electron chi connectivity index (χ1n) is 6.03. The summed E-state index contributed by atoms with van der Waals surface area (Å²) in [4.78, 5) is 23.1. The molecule has 0 aromatic heterocycles. The van der Waals surface area contributed by atoms with E-state index in [1.165, 1.54) is 12.2 Å². The zero-order valence-corrected chi connectivity index (χ0v) is 13.8. The second kappa shape index (κ2) is 8.52. The quantitative estimate of drug-likeness (QED) is 0.570. The van der Waals surface area contributed by atoms with Gasteiger partial charge in [0, 0.05) is 0 Å². The fourth-order valence-electron chi connectivity index (χ4n) is 1.20. The van der Waals surface area contributed by atoms with E-state index in [0.29, 0.717) is 0 Å². The first kappa shape index (κ1) is 16.4.